The Labute approximate surface area is 74.8 Å². The van der Waals surface area contributed by atoms with Crippen molar-refractivity contribution >= 4 is 0 Å². The molecule has 1 aliphatic heterocycles. The molecule has 3 nitrogen and oxygen atoms in total. The highest BCUT2D eigenvalue weighted by Crippen LogP contribution is 2.19. The second kappa shape index (κ2) is 4.80. The third-order valence-corrected chi connectivity index (χ3v) is 2.76. The highest BCUT2D eigenvalue weighted by molar-refractivity contribution is 4.75. The fourth-order valence-electron chi connectivity index (χ4n) is 1.88. The van der Waals surface area contributed by atoms with Gasteiger partial charge in [-0.15, -0.1) is 0 Å². The van der Waals surface area contributed by atoms with Gasteiger partial charge in [-0.3, -0.25) is 0 Å². The van der Waals surface area contributed by atoms with Gasteiger partial charge in [-0.25, -0.2) is 5.90 Å². The van der Waals surface area contributed by atoms with E-state index in [2.05, 4.69) is 11.9 Å². The van der Waals surface area contributed by atoms with E-state index < -0.39 is 0 Å². The van der Waals surface area contributed by atoms with Gasteiger partial charge in [0.1, 0.15) is 0 Å². The Hall–Kier alpha value is -0.120. The quantitative estimate of drug-likeness (QED) is 0.649. The van der Waals surface area contributed by atoms with Crippen LogP contribution in [-0.2, 0) is 4.84 Å². The van der Waals surface area contributed by atoms with E-state index in [1.165, 1.54) is 25.8 Å². The molecule has 3 heteroatoms. The van der Waals surface area contributed by atoms with Crippen molar-refractivity contribution in [2.24, 2.45) is 5.90 Å². The van der Waals surface area contributed by atoms with E-state index in [0.29, 0.717) is 6.04 Å². The van der Waals surface area contributed by atoms with E-state index in [1.807, 2.05) is 6.92 Å². The van der Waals surface area contributed by atoms with Crippen molar-refractivity contribution in [2.75, 3.05) is 13.6 Å². The Morgan fingerprint density at radius 1 is 1.58 bits per heavy atom. The summed E-state index contributed by atoms with van der Waals surface area (Å²) in [5.74, 6) is 5.12. The van der Waals surface area contributed by atoms with Crippen molar-refractivity contribution in [1.29, 1.82) is 0 Å². The lowest BCUT2D eigenvalue weighted by Gasteiger charge is -2.33. The molecule has 2 N–H and O–H groups in total. The summed E-state index contributed by atoms with van der Waals surface area (Å²) >= 11 is 0. The largest absolute Gasteiger partial charge is 0.303 e. The summed E-state index contributed by atoms with van der Waals surface area (Å²) in [7, 11) is 2.19. The van der Waals surface area contributed by atoms with Crippen LogP contribution in [0.4, 0.5) is 0 Å². The number of hydrogen-bond acceptors (Lipinski definition) is 3. The second-order valence-corrected chi connectivity index (χ2v) is 3.81. The van der Waals surface area contributed by atoms with Gasteiger partial charge in [-0.05, 0) is 39.8 Å². The number of hydrogen-bond donors (Lipinski definition) is 1. The molecule has 0 aromatic heterocycles. The molecule has 0 amide bonds. The normalized spacial score (nSPS) is 28.8. The Morgan fingerprint density at radius 3 is 2.92 bits per heavy atom. The predicted octanol–water partition coefficient (Wildman–Crippen LogP) is 1.14. The van der Waals surface area contributed by atoms with E-state index in [0.717, 1.165) is 6.42 Å². The predicted molar refractivity (Wildman–Crippen MR) is 49.6 cm³/mol. The molecular weight excluding hydrogens is 152 g/mol. The molecule has 0 saturated carbocycles. The molecule has 0 radical (unpaired) electrons. The number of piperidine rings is 1. The summed E-state index contributed by atoms with van der Waals surface area (Å²) in [6.45, 7) is 3.25. The zero-order valence-electron chi connectivity index (χ0n) is 8.12. The number of likely N-dealkylation sites (tertiary alicyclic amines) is 1. The number of rotatable bonds is 3. The maximum absolute atomic E-state index is 5.12. The van der Waals surface area contributed by atoms with Crippen LogP contribution in [0.5, 0.6) is 0 Å². The van der Waals surface area contributed by atoms with Crippen molar-refractivity contribution in [3.05, 3.63) is 0 Å². The Bertz CT molecular complexity index is 130. The Morgan fingerprint density at radius 2 is 2.33 bits per heavy atom. The van der Waals surface area contributed by atoms with Crippen LogP contribution in [0.15, 0.2) is 0 Å². The van der Waals surface area contributed by atoms with Crippen molar-refractivity contribution in [3.63, 3.8) is 0 Å². The van der Waals surface area contributed by atoms with Crippen LogP contribution in [0.25, 0.3) is 0 Å². The van der Waals surface area contributed by atoms with E-state index in [4.69, 9.17) is 10.7 Å². The summed E-state index contributed by atoms with van der Waals surface area (Å²) in [5.41, 5.74) is 0. The zero-order valence-corrected chi connectivity index (χ0v) is 8.12. The first-order valence-electron chi connectivity index (χ1n) is 4.80. The lowest BCUT2D eigenvalue weighted by Crippen LogP contribution is -2.38. The van der Waals surface area contributed by atoms with Gasteiger partial charge < -0.3 is 9.74 Å². The van der Waals surface area contributed by atoms with Gasteiger partial charge in [-0.1, -0.05) is 6.42 Å². The van der Waals surface area contributed by atoms with Crippen LogP contribution in [0.2, 0.25) is 0 Å². The maximum atomic E-state index is 5.12. The highest BCUT2D eigenvalue weighted by Gasteiger charge is 2.20. The van der Waals surface area contributed by atoms with Crippen LogP contribution < -0.4 is 5.90 Å². The Kier molecular flexibility index (Phi) is 3.98. The van der Waals surface area contributed by atoms with E-state index >= 15 is 0 Å². The van der Waals surface area contributed by atoms with E-state index in [-0.39, 0.29) is 6.10 Å². The summed E-state index contributed by atoms with van der Waals surface area (Å²) < 4.78 is 0. The molecular formula is C9H20N2O. The third kappa shape index (κ3) is 2.73. The molecule has 72 valence electrons. The molecule has 0 aromatic carbocycles. The van der Waals surface area contributed by atoms with Crippen LogP contribution in [0.3, 0.4) is 0 Å². The fourth-order valence-corrected chi connectivity index (χ4v) is 1.88. The molecule has 1 fully saturated rings. The minimum atomic E-state index is 0.190. The van der Waals surface area contributed by atoms with Gasteiger partial charge in [0.05, 0.1) is 6.10 Å². The van der Waals surface area contributed by atoms with Gasteiger partial charge in [0.2, 0.25) is 0 Å². The second-order valence-electron chi connectivity index (χ2n) is 3.81. The highest BCUT2D eigenvalue weighted by atomic mass is 16.6. The molecule has 1 rings (SSSR count). The SMILES string of the molecule is CC(CC1CCCCN1C)ON. The van der Waals surface area contributed by atoms with E-state index in [9.17, 15) is 0 Å². The number of nitrogens with zero attached hydrogens (tertiary/aromatic N) is 1. The maximum Gasteiger partial charge on any atom is 0.0774 e. The van der Waals surface area contributed by atoms with Crippen molar-refractivity contribution in [3.8, 4) is 0 Å². The molecule has 2 unspecified atom stereocenters. The molecule has 0 spiro atoms. The lowest BCUT2D eigenvalue weighted by atomic mass is 9.98. The molecule has 1 aliphatic rings. The fraction of sp³-hybridized carbons (Fsp3) is 1.00. The Balaban J connectivity index is 2.28. The molecule has 1 saturated heterocycles. The molecule has 12 heavy (non-hydrogen) atoms. The first kappa shape index (κ1) is 9.96. The van der Waals surface area contributed by atoms with Crippen molar-refractivity contribution in [1.82, 2.24) is 4.90 Å². The monoisotopic (exact) mass is 172 g/mol. The molecule has 0 aliphatic carbocycles. The first-order chi connectivity index (χ1) is 5.74. The van der Waals surface area contributed by atoms with Gasteiger partial charge in [0.25, 0.3) is 0 Å². The van der Waals surface area contributed by atoms with Gasteiger partial charge in [0.15, 0.2) is 0 Å². The smallest absolute Gasteiger partial charge is 0.0774 e. The summed E-state index contributed by atoms with van der Waals surface area (Å²) in [6, 6.07) is 0.678. The zero-order chi connectivity index (χ0) is 8.97. The lowest BCUT2D eigenvalue weighted by molar-refractivity contribution is 0.0322. The van der Waals surface area contributed by atoms with Gasteiger partial charge >= 0.3 is 0 Å². The van der Waals surface area contributed by atoms with Crippen LogP contribution in [-0.4, -0.2) is 30.6 Å². The van der Waals surface area contributed by atoms with Crippen LogP contribution >= 0.6 is 0 Å². The van der Waals surface area contributed by atoms with Crippen LogP contribution in [0.1, 0.15) is 32.6 Å². The van der Waals surface area contributed by atoms with Crippen LogP contribution in [0, 0.1) is 0 Å². The summed E-state index contributed by atoms with van der Waals surface area (Å²) in [6.07, 6.45) is 5.24. The van der Waals surface area contributed by atoms with Gasteiger partial charge in [-0.2, -0.15) is 0 Å². The van der Waals surface area contributed by atoms with Crippen molar-refractivity contribution in [2.45, 2.75) is 44.8 Å². The standard InChI is InChI=1S/C9H20N2O/c1-8(12-10)7-9-5-3-4-6-11(9)2/h8-9H,3-7,10H2,1-2H3. The minimum Gasteiger partial charge on any atom is -0.303 e. The molecule has 1 heterocycles. The molecule has 0 aromatic rings. The molecule has 0 bridgehead atoms. The van der Waals surface area contributed by atoms with E-state index in [1.54, 1.807) is 0 Å². The topological polar surface area (TPSA) is 38.5 Å². The average Bonchev–Trinajstić information content (AvgIpc) is 2.09. The van der Waals surface area contributed by atoms with Crippen molar-refractivity contribution < 1.29 is 4.84 Å². The average molecular weight is 172 g/mol. The minimum absolute atomic E-state index is 0.190. The third-order valence-electron chi connectivity index (χ3n) is 2.76. The molecule has 2 atom stereocenters. The summed E-state index contributed by atoms with van der Waals surface area (Å²) in [4.78, 5) is 7.19. The number of nitrogens with two attached hydrogens (primary N) is 1. The first-order valence-corrected chi connectivity index (χ1v) is 4.80. The van der Waals surface area contributed by atoms with Gasteiger partial charge in [0, 0.05) is 6.04 Å². The summed E-state index contributed by atoms with van der Waals surface area (Å²) in [5, 5.41) is 0.